The van der Waals surface area contributed by atoms with Crippen LogP contribution in [0.3, 0.4) is 0 Å². The van der Waals surface area contributed by atoms with E-state index < -0.39 is 12.2 Å². The van der Waals surface area contributed by atoms with Crippen LogP contribution in [0.5, 0.6) is 0 Å². The van der Waals surface area contributed by atoms with Crippen molar-refractivity contribution in [3.63, 3.8) is 0 Å². The van der Waals surface area contributed by atoms with Crippen molar-refractivity contribution >= 4 is 16.7 Å². The number of fused-ring (bicyclic) bond motifs is 3. The number of aliphatic hydroxyl groups is 2. The number of nitrogens with zero attached hydrogens (tertiary/aromatic N) is 2. The van der Waals surface area contributed by atoms with Crippen LogP contribution in [0.2, 0.25) is 0 Å². The molecule has 2 N–H and O–H groups in total. The van der Waals surface area contributed by atoms with Gasteiger partial charge in [-0.15, -0.1) is 0 Å². The average molecular weight is 475 g/mol. The summed E-state index contributed by atoms with van der Waals surface area (Å²) in [6.45, 7) is 2.42. The third kappa shape index (κ3) is 2.22. The molecule has 4 fully saturated rings. The summed E-state index contributed by atoms with van der Waals surface area (Å²) in [4.78, 5) is 6.37. The van der Waals surface area contributed by atoms with Crippen molar-refractivity contribution in [1.82, 2.24) is 9.88 Å². The molecular weight excluding hydrogens is 440 g/mol. The van der Waals surface area contributed by atoms with Crippen LogP contribution in [0.15, 0.2) is 46.7 Å². The van der Waals surface area contributed by atoms with Gasteiger partial charge in [-0.3, -0.25) is 0 Å². The highest BCUT2D eigenvalue weighted by molar-refractivity contribution is 5.82. The first-order valence-corrected chi connectivity index (χ1v) is 13.2. The SMILES string of the molecule is CN(C)C1CC23CCC4(O2)C(=CCC2(C)C(c5ccc6ncoc6c5)=CCC24)C2CC23C(O)C1O. The third-order valence-electron chi connectivity index (χ3n) is 11.3. The van der Waals surface area contributed by atoms with E-state index in [4.69, 9.17) is 9.15 Å². The van der Waals surface area contributed by atoms with Gasteiger partial charge in [-0.1, -0.05) is 25.1 Å². The minimum absolute atomic E-state index is 0.00857. The highest BCUT2D eigenvalue weighted by Crippen LogP contribution is 2.81. The van der Waals surface area contributed by atoms with Crippen LogP contribution in [-0.4, -0.2) is 63.6 Å². The van der Waals surface area contributed by atoms with Crippen LogP contribution in [0.1, 0.15) is 51.0 Å². The second-order valence-corrected chi connectivity index (χ2v) is 12.7. The van der Waals surface area contributed by atoms with Crippen molar-refractivity contribution in [1.29, 1.82) is 0 Å². The number of rotatable bonds is 2. The van der Waals surface area contributed by atoms with E-state index in [1.165, 1.54) is 23.1 Å². The molecular formula is C29H34N2O4. The van der Waals surface area contributed by atoms with E-state index in [-0.39, 0.29) is 28.1 Å². The maximum absolute atomic E-state index is 11.5. The van der Waals surface area contributed by atoms with E-state index in [0.29, 0.717) is 11.8 Å². The fourth-order valence-corrected chi connectivity index (χ4v) is 9.65. The van der Waals surface area contributed by atoms with E-state index in [2.05, 4.69) is 47.2 Å². The second-order valence-electron chi connectivity index (χ2n) is 12.7. The van der Waals surface area contributed by atoms with Gasteiger partial charge in [0, 0.05) is 22.8 Å². The van der Waals surface area contributed by atoms with E-state index in [1.807, 2.05) is 14.1 Å². The molecule has 2 saturated carbocycles. The molecule has 9 unspecified atom stereocenters. The van der Waals surface area contributed by atoms with Crippen molar-refractivity contribution in [2.75, 3.05) is 14.1 Å². The summed E-state index contributed by atoms with van der Waals surface area (Å²) in [6.07, 6.45) is 10.7. The van der Waals surface area contributed by atoms with Crippen LogP contribution in [-0.2, 0) is 4.74 Å². The Balaban J connectivity index is 1.22. The summed E-state index contributed by atoms with van der Waals surface area (Å²) in [6, 6.07) is 6.30. The number of aliphatic hydroxyl groups excluding tert-OH is 2. The molecule has 35 heavy (non-hydrogen) atoms. The number of oxazole rings is 1. The number of aromatic nitrogens is 1. The minimum Gasteiger partial charge on any atom is -0.443 e. The zero-order chi connectivity index (χ0) is 24.0. The summed E-state index contributed by atoms with van der Waals surface area (Å²) in [5.74, 6) is 0.723. The predicted molar refractivity (Wildman–Crippen MR) is 131 cm³/mol. The Labute approximate surface area is 205 Å². The van der Waals surface area contributed by atoms with Crippen LogP contribution in [0.25, 0.3) is 16.7 Å². The Bertz CT molecular complexity index is 1330. The second kappa shape index (κ2) is 6.28. The maximum atomic E-state index is 11.5. The number of hydrogen-bond donors (Lipinski definition) is 2. The van der Waals surface area contributed by atoms with Crippen LogP contribution in [0, 0.1) is 22.7 Å². The molecule has 2 aliphatic heterocycles. The fraction of sp³-hybridized carbons (Fsp3) is 0.621. The highest BCUT2D eigenvalue weighted by Gasteiger charge is 2.84. The monoisotopic (exact) mass is 474 g/mol. The van der Waals surface area contributed by atoms with Gasteiger partial charge in [0.05, 0.1) is 23.4 Å². The standard InChI is InChI=1S/C29H34N2O4/c1-26-9-8-18-19-13-28(19)25(33)24(32)21(31(2)3)14-27(28)10-11-29(18,35-27)23(26)7-5-17(26)16-4-6-20-22(12-16)34-15-30-20/h4-6,8,12,15,19,21,23-25,32-33H,7,9-11,13-14H2,1-3H3. The largest absolute Gasteiger partial charge is 0.443 e. The molecule has 0 radical (unpaired) electrons. The number of hydrogen-bond acceptors (Lipinski definition) is 6. The molecule has 6 nitrogen and oxygen atoms in total. The molecule has 3 heterocycles. The lowest BCUT2D eigenvalue weighted by Gasteiger charge is -2.59. The van der Waals surface area contributed by atoms with Crippen molar-refractivity contribution in [2.24, 2.45) is 22.7 Å². The van der Waals surface area contributed by atoms with Crippen molar-refractivity contribution in [3.8, 4) is 0 Å². The Morgan fingerprint density at radius 2 is 1.97 bits per heavy atom. The van der Waals surface area contributed by atoms with Crippen molar-refractivity contribution in [2.45, 2.75) is 74.9 Å². The number of benzene rings is 1. The van der Waals surface area contributed by atoms with Gasteiger partial charge in [0.2, 0.25) is 0 Å². The topological polar surface area (TPSA) is 79.0 Å². The van der Waals surface area contributed by atoms with Gasteiger partial charge in [-0.25, -0.2) is 4.98 Å². The molecule has 2 saturated heterocycles. The van der Waals surface area contributed by atoms with Crippen molar-refractivity contribution < 1.29 is 19.4 Å². The normalized spacial score (nSPS) is 49.3. The molecule has 1 aromatic carbocycles. The molecule has 9 atom stereocenters. The zero-order valence-electron chi connectivity index (χ0n) is 20.7. The average Bonchev–Trinajstić information content (AvgIpc) is 3.11. The first kappa shape index (κ1) is 21.1. The third-order valence-corrected chi connectivity index (χ3v) is 11.3. The summed E-state index contributed by atoms with van der Waals surface area (Å²) < 4.78 is 13.0. The van der Waals surface area contributed by atoms with Crippen LogP contribution >= 0.6 is 0 Å². The smallest absolute Gasteiger partial charge is 0.181 e. The Kier molecular flexibility index (Phi) is 3.79. The summed E-state index contributed by atoms with van der Waals surface area (Å²) in [5, 5.41) is 22.6. The molecule has 184 valence electrons. The van der Waals surface area contributed by atoms with Crippen LogP contribution in [0.4, 0.5) is 0 Å². The van der Waals surface area contributed by atoms with Gasteiger partial charge in [-0.05, 0) is 87.4 Å². The molecule has 3 spiro atoms. The van der Waals surface area contributed by atoms with E-state index in [0.717, 1.165) is 49.6 Å². The first-order valence-electron chi connectivity index (χ1n) is 13.2. The Morgan fingerprint density at radius 1 is 1.11 bits per heavy atom. The number of allylic oxidation sites excluding steroid dienone is 3. The molecule has 6 aliphatic rings. The highest BCUT2D eigenvalue weighted by atomic mass is 16.5. The van der Waals surface area contributed by atoms with E-state index in [9.17, 15) is 10.2 Å². The molecule has 1 aromatic heterocycles. The Morgan fingerprint density at radius 3 is 2.80 bits per heavy atom. The van der Waals surface area contributed by atoms with Crippen molar-refractivity contribution in [3.05, 3.63) is 47.9 Å². The minimum atomic E-state index is -0.732. The molecule has 8 rings (SSSR count). The summed E-state index contributed by atoms with van der Waals surface area (Å²) in [7, 11) is 4.02. The molecule has 0 amide bonds. The Hall–Kier alpha value is -1.99. The van der Waals surface area contributed by atoms with Crippen LogP contribution < -0.4 is 0 Å². The van der Waals surface area contributed by atoms with Gasteiger partial charge in [0.25, 0.3) is 0 Å². The number of likely N-dealkylation sites (N-methyl/N-ethyl adjacent to an activating group) is 1. The predicted octanol–water partition coefficient (Wildman–Crippen LogP) is 3.93. The van der Waals surface area contributed by atoms with E-state index in [1.54, 1.807) is 0 Å². The number of ether oxygens (including phenoxy) is 1. The summed E-state index contributed by atoms with van der Waals surface area (Å²) >= 11 is 0. The zero-order valence-corrected chi connectivity index (χ0v) is 20.7. The molecule has 4 aliphatic carbocycles. The van der Waals surface area contributed by atoms with Gasteiger partial charge in [-0.2, -0.15) is 0 Å². The molecule has 2 bridgehead atoms. The lowest BCUT2D eigenvalue weighted by molar-refractivity contribution is -0.248. The van der Waals surface area contributed by atoms with Gasteiger partial charge < -0.3 is 24.3 Å². The maximum Gasteiger partial charge on any atom is 0.181 e. The molecule has 2 aromatic rings. The first-order chi connectivity index (χ1) is 16.8. The summed E-state index contributed by atoms with van der Waals surface area (Å²) in [5.41, 5.74) is 4.85. The lowest BCUT2D eigenvalue weighted by atomic mass is 9.57. The van der Waals surface area contributed by atoms with Gasteiger partial charge >= 0.3 is 0 Å². The van der Waals surface area contributed by atoms with Gasteiger partial charge in [0.15, 0.2) is 12.0 Å². The lowest BCUT2D eigenvalue weighted by Crippen LogP contribution is -2.67. The molecule has 6 heteroatoms. The fourth-order valence-electron chi connectivity index (χ4n) is 9.65. The van der Waals surface area contributed by atoms with Gasteiger partial charge in [0.1, 0.15) is 5.52 Å². The quantitative estimate of drug-likeness (QED) is 0.642. The van der Waals surface area contributed by atoms with E-state index >= 15 is 0 Å².